The maximum Gasteiger partial charge on any atom is 0.254 e. The zero-order valence-electron chi connectivity index (χ0n) is 14.5. The van der Waals surface area contributed by atoms with E-state index in [1.54, 1.807) is 12.3 Å². The van der Waals surface area contributed by atoms with Crippen LogP contribution in [0.3, 0.4) is 0 Å². The molecule has 5 heteroatoms. The van der Waals surface area contributed by atoms with Gasteiger partial charge in [0.2, 0.25) is 0 Å². The number of rotatable bonds is 3. The lowest BCUT2D eigenvalue weighted by Crippen LogP contribution is -2.35. The first-order valence-electron chi connectivity index (χ1n) is 8.79. The predicted molar refractivity (Wildman–Crippen MR) is 98.2 cm³/mol. The van der Waals surface area contributed by atoms with Crippen molar-refractivity contribution in [1.29, 1.82) is 0 Å². The Bertz CT molecular complexity index is 908. The highest BCUT2D eigenvalue weighted by Gasteiger charge is 2.39. The van der Waals surface area contributed by atoms with E-state index in [4.69, 9.17) is 4.42 Å². The second-order valence-corrected chi connectivity index (χ2v) is 6.60. The zero-order valence-corrected chi connectivity index (χ0v) is 14.5. The molecule has 0 bridgehead atoms. The Morgan fingerprint density at radius 2 is 1.96 bits per heavy atom. The molecule has 0 fully saturated rings. The summed E-state index contributed by atoms with van der Waals surface area (Å²) in [4.78, 5) is 25.8. The number of hydrogen-bond acceptors (Lipinski definition) is 4. The number of benzene rings is 1. The molecule has 2 aromatic rings. The first-order chi connectivity index (χ1) is 12.6. The second kappa shape index (κ2) is 6.67. The SMILES string of the molecule is CC1=C(C(=O)Nc2ccccc2)C(c2ccco2)C2=C(CCCC2=O)N1. The van der Waals surface area contributed by atoms with Gasteiger partial charge in [0.1, 0.15) is 5.76 Å². The van der Waals surface area contributed by atoms with Crippen molar-refractivity contribution in [2.24, 2.45) is 0 Å². The third kappa shape index (κ3) is 2.86. The largest absolute Gasteiger partial charge is 0.468 e. The lowest BCUT2D eigenvalue weighted by Gasteiger charge is -2.33. The van der Waals surface area contributed by atoms with E-state index in [0.717, 1.165) is 24.2 Å². The van der Waals surface area contributed by atoms with Crippen LogP contribution in [0.4, 0.5) is 5.69 Å². The zero-order chi connectivity index (χ0) is 18.1. The van der Waals surface area contributed by atoms with Gasteiger partial charge in [-0.25, -0.2) is 0 Å². The van der Waals surface area contributed by atoms with Crippen molar-refractivity contribution in [3.05, 3.63) is 77.0 Å². The van der Waals surface area contributed by atoms with Gasteiger partial charge in [-0.1, -0.05) is 18.2 Å². The fourth-order valence-electron chi connectivity index (χ4n) is 3.74. The van der Waals surface area contributed by atoms with Gasteiger partial charge in [-0.3, -0.25) is 9.59 Å². The Balaban J connectivity index is 1.76. The number of nitrogens with one attached hydrogen (secondary N) is 2. The van der Waals surface area contributed by atoms with E-state index < -0.39 is 5.92 Å². The number of amides is 1. The number of carbonyl (C=O) groups is 2. The highest BCUT2D eigenvalue weighted by molar-refractivity contribution is 6.09. The molecule has 4 rings (SSSR count). The smallest absolute Gasteiger partial charge is 0.254 e. The van der Waals surface area contributed by atoms with Crippen LogP contribution in [0.15, 0.2) is 75.7 Å². The van der Waals surface area contributed by atoms with Crippen LogP contribution in [0.5, 0.6) is 0 Å². The summed E-state index contributed by atoms with van der Waals surface area (Å²) in [6.07, 6.45) is 3.72. The second-order valence-electron chi connectivity index (χ2n) is 6.60. The van der Waals surface area contributed by atoms with Crippen LogP contribution in [0.25, 0.3) is 0 Å². The van der Waals surface area contributed by atoms with Gasteiger partial charge in [0.25, 0.3) is 5.91 Å². The summed E-state index contributed by atoms with van der Waals surface area (Å²) in [5.41, 5.74) is 3.57. The lowest BCUT2D eigenvalue weighted by atomic mass is 9.77. The molecule has 1 atom stereocenters. The molecule has 1 aliphatic carbocycles. The predicted octanol–water partition coefficient (Wildman–Crippen LogP) is 3.89. The summed E-state index contributed by atoms with van der Waals surface area (Å²) in [6, 6.07) is 12.9. The molecule has 0 radical (unpaired) electrons. The first kappa shape index (κ1) is 16.4. The minimum Gasteiger partial charge on any atom is -0.468 e. The van der Waals surface area contributed by atoms with E-state index in [-0.39, 0.29) is 11.7 Å². The minimum absolute atomic E-state index is 0.0812. The number of para-hydroxylation sites is 1. The monoisotopic (exact) mass is 348 g/mol. The van der Waals surface area contributed by atoms with Crippen LogP contribution in [0.1, 0.15) is 37.9 Å². The van der Waals surface area contributed by atoms with Crippen molar-refractivity contribution in [2.45, 2.75) is 32.1 Å². The molecule has 1 aliphatic heterocycles. The van der Waals surface area contributed by atoms with Gasteiger partial charge in [0, 0.05) is 29.1 Å². The molecule has 0 saturated carbocycles. The summed E-state index contributed by atoms with van der Waals surface area (Å²) < 4.78 is 5.62. The average Bonchev–Trinajstić information content (AvgIpc) is 3.16. The number of furan rings is 1. The molecule has 2 heterocycles. The normalized spacial score (nSPS) is 19.9. The van der Waals surface area contributed by atoms with Crippen molar-refractivity contribution in [3.63, 3.8) is 0 Å². The number of carbonyl (C=O) groups excluding carboxylic acids is 2. The Morgan fingerprint density at radius 3 is 2.69 bits per heavy atom. The van der Waals surface area contributed by atoms with E-state index >= 15 is 0 Å². The molecule has 0 spiro atoms. The van der Waals surface area contributed by atoms with Gasteiger partial charge in [-0.05, 0) is 44.0 Å². The van der Waals surface area contributed by atoms with Crippen LogP contribution in [-0.4, -0.2) is 11.7 Å². The number of hydrogen-bond donors (Lipinski definition) is 2. The van der Waals surface area contributed by atoms with E-state index in [1.165, 1.54) is 0 Å². The maximum atomic E-state index is 13.1. The average molecular weight is 348 g/mol. The van der Waals surface area contributed by atoms with E-state index in [9.17, 15) is 9.59 Å². The van der Waals surface area contributed by atoms with Crippen LogP contribution in [-0.2, 0) is 9.59 Å². The molecule has 5 nitrogen and oxygen atoms in total. The van der Waals surface area contributed by atoms with Crippen LogP contribution in [0.2, 0.25) is 0 Å². The van der Waals surface area contributed by atoms with Crippen molar-refractivity contribution in [2.75, 3.05) is 5.32 Å². The van der Waals surface area contributed by atoms with Crippen molar-refractivity contribution < 1.29 is 14.0 Å². The molecule has 0 saturated heterocycles. The molecular formula is C21H20N2O3. The molecule has 26 heavy (non-hydrogen) atoms. The van der Waals surface area contributed by atoms with E-state index in [2.05, 4.69) is 10.6 Å². The van der Waals surface area contributed by atoms with Crippen LogP contribution >= 0.6 is 0 Å². The van der Waals surface area contributed by atoms with Gasteiger partial charge < -0.3 is 15.1 Å². The van der Waals surface area contributed by atoms with Crippen molar-refractivity contribution >= 4 is 17.4 Å². The Hall–Kier alpha value is -3.08. The standard InChI is InChI=1S/C21H20N2O3/c1-13-18(21(25)23-14-7-3-2-4-8-14)20(17-11-6-12-26-17)19-15(22-13)9-5-10-16(19)24/h2-4,6-8,11-12,20,22H,5,9-10H2,1H3,(H,23,25). The number of anilines is 1. The Labute approximate surface area is 151 Å². The van der Waals surface area contributed by atoms with Crippen molar-refractivity contribution in [3.8, 4) is 0 Å². The highest BCUT2D eigenvalue weighted by Crippen LogP contribution is 2.42. The van der Waals surface area contributed by atoms with Gasteiger partial charge in [-0.15, -0.1) is 0 Å². The summed E-state index contributed by atoms with van der Waals surface area (Å²) >= 11 is 0. The van der Waals surface area contributed by atoms with Gasteiger partial charge in [-0.2, -0.15) is 0 Å². The van der Waals surface area contributed by atoms with Gasteiger partial charge in [0.05, 0.1) is 17.8 Å². The fraction of sp³-hybridized carbons (Fsp3) is 0.238. The van der Waals surface area contributed by atoms with Gasteiger partial charge >= 0.3 is 0 Å². The molecule has 2 aliphatic rings. The van der Waals surface area contributed by atoms with Gasteiger partial charge in [0.15, 0.2) is 5.78 Å². The number of allylic oxidation sites excluding steroid dienone is 3. The first-order valence-corrected chi connectivity index (χ1v) is 8.79. The molecule has 2 N–H and O–H groups in total. The Kier molecular flexibility index (Phi) is 4.21. The molecule has 1 aromatic heterocycles. The number of Topliss-reactive ketones (excluding diaryl/α,β-unsaturated/α-hetero) is 1. The van der Waals surface area contributed by atoms with Crippen LogP contribution < -0.4 is 10.6 Å². The molecule has 1 aromatic carbocycles. The summed E-state index contributed by atoms with van der Waals surface area (Å²) in [7, 11) is 0. The molecular weight excluding hydrogens is 328 g/mol. The van der Waals surface area contributed by atoms with E-state index in [1.807, 2.05) is 43.3 Å². The van der Waals surface area contributed by atoms with E-state index in [0.29, 0.717) is 29.0 Å². The lowest BCUT2D eigenvalue weighted by molar-refractivity contribution is -0.116. The number of ketones is 1. The summed E-state index contributed by atoms with van der Waals surface area (Å²) in [5.74, 6) is -0.00485. The molecule has 1 unspecified atom stereocenters. The summed E-state index contributed by atoms with van der Waals surface area (Å²) in [5, 5.41) is 6.23. The third-order valence-corrected chi connectivity index (χ3v) is 4.88. The van der Waals surface area contributed by atoms with Crippen molar-refractivity contribution in [1.82, 2.24) is 5.32 Å². The third-order valence-electron chi connectivity index (χ3n) is 4.88. The molecule has 1 amide bonds. The fourth-order valence-corrected chi connectivity index (χ4v) is 3.74. The maximum absolute atomic E-state index is 13.1. The quantitative estimate of drug-likeness (QED) is 0.883. The Morgan fingerprint density at radius 1 is 1.15 bits per heavy atom. The highest BCUT2D eigenvalue weighted by atomic mass is 16.3. The minimum atomic E-state index is -0.474. The topological polar surface area (TPSA) is 71.3 Å². The van der Waals surface area contributed by atoms with Crippen LogP contribution in [0, 0.1) is 0 Å². The molecule has 132 valence electrons. The summed E-state index contributed by atoms with van der Waals surface area (Å²) in [6.45, 7) is 1.87. The number of dihydropyridines is 1.